The summed E-state index contributed by atoms with van der Waals surface area (Å²) >= 11 is 0. The van der Waals surface area contributed by atoms with Gasteiger partial charge >= 0.3 is 0 Å². The van der Waals surface area contributed by atoms with E-state index in [1.807, 2.05) is 38.1 Å². The van der Waals surface area contributed by atoms with Gasteiger partial charge in [-0.05, 0) is 44.2 Å². The molecule has 2 heterocycles. The normalized spacial score (nSPS) is 10.5. The second kappa shape index (κ2) is 7.74. The number of aryl methyl sites for hydroxylation is 2. The van der Waals surface area contributed by atoms with Crippen LogP contribution >= 0.6 is 0 Å². The molecule has 0 radical (unpaired) electrons. The monoisotopic (exact) mass is 348 g/mol. The summed E-state index contributed by atoms with van der Waals surface area (Å²) < 4.78 is 0. The Bertz CT molecular complexity index is 955. The summed E-state index contributed by atoms with van der Waals surface area (Å²) in [5.74, 6) is 0.0609. The topological polar surface area (TPSA) is 84.0 Å². The van der Waals surface area contributed by atoms with Gasteiger partial charge in [-0.2, -0.15) is 0 Å². The fourth-order valence-electron chi connectivity index (χ4n) is 2.65. The smallest absolute Gasteiger partial charge is 0.253 e. The molecule has 2 aromatic heterocycles. The number of carbonyl (C=O) groups excluding carboxylic acids is 2. The average molecular weight is 348 g/mol. The summed E-state index contributed by atoms with van der Waals surface area (Å²) in [6, 6.07) is 13.1. The molecule has 6 nitrogen and oxygen atoms in total. The van der Waals surface area contributed by atoms with E-state index >= 15 is 0 Å². The predicted octanol–water partition coefficient (Wildman–Crippen LogP) is 3.01. The van der Waals surface area contributed by atoms with Gasteiger partial charge in [0, 0.05) is 24.5 Å². The van der Waals surface area contributed by atoms with Gasteiger partial charge in [0.15, 0.2) is 0 Å². The molecule has 3 aromatic rings. The first-order valence-electron chi connectivity index (χ1n) is 8.40. The van der Waals surface area contributed by atoms with Gasteiger partial charge in [0.05, 0.1) is 16.8 Å². The Morgan fingerprint density at radius 3 is 2.69 bits per heavy atom. The van der Waals surface area contributed by atoms with Gasteiger partial charge in [0.1, 0.15) is 5.82 Å². The van der Waals surface area contributed by atoms with Crippen LogP contribution in [0.5, 0.6) is 0 Å². The number of amides is 2. The lowest BCUT2D eigenvalue weighted by Crippen LogP contribution is -2.28. The van der Waals surface area contributed by atoms with E-state index < -0.39 is 0 Å². The van der Waals surface area contributed by atoms with E-state index in [0.717, 1.165) is 16.5 Å². The van der Waals surface area contributed by atoms with Crippen LogP contribution in [-0.4, -0.2) is 28.3 Å². The van der Waals surface area contributed by atoms with Crippen molar-refractivity contribution >= 4 is 28.5 Å². The summed E-state index contributed by atoms with van der Waals surface area (Å²) in [7, 11) is 0. The van der Waals surface area contributed by atoms with Crippen molar-refractivity contribution < 1.29 is 9.59 Å². The highest BCUT2D eigenvalue weighted by atomic mass is 16.2. The third-order valence-corrected chi connectivity index (χ3v) is 3.98. The number of hydrogen-bond donors (Lipinski definition) is 2. The number of anilines is 1. The van der Waals surface area contributed by atoms with Crippen molar-refractivity contribution in [2.24, 2.45) is 0 Å². The lowest BCUT2D eigenvalue weighted by molar-refractivity contribution is -0.116. The van der Waals surface area contributed by atoms with Crippen molar-refractivity contribution in [2.75, 3.05) is 11.9 Å². The molecule has 0 atom stereocenters. The van der Waals surface area contributed by atoms with Gasteiger partial charge in [0.25, 0.3) is 5.91 Å². The molecule has 2 N–H and O–H groups in total. The largest absolute Gasteiger partial charge is 0.351 e. The minimum Gasteiger partial charge on any atom is -0.351 e. The Kier molecular flexibility index (Phi) is 5.22. The molecule has 0 unspecified atom stereocenters. The molecule has 0 aliphatic heterocycles. The quantitative estimate of drug-likeness (QED) is 0.742. The predicted molar refractivity (Wildman–Crippen MR) is 101 cm³/mol. The second-order valence-electron chi connectivity index (χ2n) is 6.09. The molecule has 0 fully saturated rings. The zero-order chi connectivity index (χ0) is 18.5. The Balaban J connectivity index is 1.60. The van der Waals surface area contributed by atoms with Crippen LogP contribution in [-0.2, 0) is 4.79 Å². The number of aromatic nitrogens is 2. The molecule has 132 valence electrons. The number of carbonyl (C=O) groups is 2. The van der Waals surface area contributed by atoms with Crippen LogP contribution in [0.3, 0.4) is 0 Å². The maximum absolute atomic E-state index is 12.4. The van der Waals surface area contributed by atoms with Crippen LogP contribution in [0.25, 0.3) is 10.9 Å². The van der Waals surface area contributed by atoms with Crippen LogP contribution in [0.1, 0.15) is 28.0 Å². The first-order valence-corrected chi connectivity index (χ1v) is 8.40. The number of nitrogens with one attached hydrogen (secondary N) is 2. The standard InChI is InChI=1S/C20H20N4O2/c1-13-6-7-17-15(11-13)12-16(14(2)23-17)20(26)22-10-8-19(25)24-18-5-3-4-9-21-18/h3-7,9,11-12H,8,10H2,1-2H3,(H,22,26)(H,21,24,25). The Hall–Kier alpha value is -3.28. The van der Waals surface area contributed by atoms with Gasteiger partial charge in [-0.1, -0.05) is 17.7 Å². The van der Waals surface area contributed by atoms with Gasteiger partial charge in [-0.15, -0.1) is 0 Å². The average Bonchev–Trinajstić information content (AvgIpc) is 2.62. The molecule has 1 aromatic carbocycles. The molecule has 0 aliphatic carbocycles. The summed E-state index contributed by atoms with van der Waals surface area (Å²) in [4.78, 5) is 32.9. The third kappa shape index (κ3) is 4.22. The molecule has 2 amide bonds. The molecule has 6 heteroatoms. The van der Waals surface area contributed by atoms with Crippen LogP contribution in [0.4, 0.5) is 5.82 Å². The van der Waals surface area contributed by atoms with Crippen molar-refractivity contribution in [3.8, 4) is 0 Å². The van der Waals surface area contributed by atoms with Crippen molar-refractivity contribution in [1.29, 1.82) is 0 Å². The lowest BCUT2D eigenvalue weighted by Gasteiger charge is -2.09. The van der Waals surface area contributed by atoms with E-state index in [0.29, 0.717) is 17.1 Å². The Morgan fingerprint density at radius 1 is 1.08 bits per heavy atom. The lowest BCUT2D eigenvalue weighted by atomic mass is 10.1. The molecule has 0 aliphatic rings. The number of pyridine rings is 2. The van der Waals surface area contributed by atoms with Gasteiger partial charge < -0.3 is 10.6 Å². The zero-order valence-electron chi connectivity index (χ0n) is 14.7. The van der Waals surface area contributed by atoms with Crippen molar-refractivity contribution in [1.82, 2.24) is 15.3 Å². The fraction of sp³-hybridized carbons (Fsp3) is 0.200. The molecule has 0 bridgehead atoms. The highest BCUT2D eigenvalue weighted by Gasteiger charge is 2.12. The van der Waals surface area contributed by atoms with Gasteiger partial charge in [-0.25, -0.2) is 4.98 Å². The minimum absolute atomic E-state index is 0.168. The highest BCUT2D eigenvalue weighted by Crippen LogP contribution is 2.18. The molecule has 0 saturated carbocycles. The van der Waals surface area contributed by atoms with E-state index in [4.69, 9.17) is 0 Å². The van der Waals surface area contributed by atoms with Crippen LogP contribution < -0.4 is 10.6 Å². The van der Waals surface area contributed by atoms with E-state index in [1.54, 1.807) is 24.4 Å². The maximum atomic E-state index is 12.4. The number of fused-ring (bicyclic) bond motifs is 1. The Morgan fingerprint density at radius 2 is 1.92 bits per heavy atom. The SMILES string of the molecule is Cc1ccc2nc(C)c(C(=O)NCCC(=O)Nc3ccccn3)cc2c1. The van der Waals surface area contributed by atoms with Gasteiger partial charge in [0.2, 0.25) is 5.91 Å². The van der Waals surface area contributed by atoms with Crippen molar-refractivity contribution in [3.63, 3.8) is 0 Å². The number of hydrogen-bond acceptors (Lipinski definition) is 4. The first kappa shape index (κ1) is 17.5. The second-order valence-corrected chi connectivity index (χ2v) is 6.09. The van der Waals surface area contributed by atoms with Crippen LogP contribution in [0, 0.1) is 13.8 Å². The zero-order valence-corrected chi connectivity index (χ0v) is 14.7. The fourth-order valence-corrected chi connectivity index (χ4v) is 2.65. The maximum Gasteiger partial charge on any atom is 0.253 e. The summed E-state index contributed by atoms with van der Waals surface area (Å²) in [5.41, 5.74) is 3.16. The summed E-state index contributed by atoms with van der Waals surface area (Å²) in [5, 5.41) is 6.38. The first-order chi connectivity index (χ1) is 12.5. The van der Waals surface area contributed by atoms with Crippen LogP contribution in [0.15, 0.2) is 48.7 Å². The molecule has 0 spiro atoms. The third-order valence-electron chi connectivity index (χ3n) is 3.98. The number of nitrogens with zero attached hydrogens (tertiary/aromatic N) is 2. The molecular weight excluding hydrogens is 328 g/mol. The van der Waals surface area contributed by atoms with Gasteiger partial charge in [-0.3, -0.25) is 14.6 Å². The van der Waals surface area contributed by atoms with Crippen molar-refractivity contribution in [3.05, 3.63) is 65.5 Å². The minimum atomic E-state index is -0.232. The van der Waals surface area contributed by atoms with E-state index in [9.17, 15) is 9.59 Å². The molecule has 26 heavy (non-hydrogen) atoms. The Labute approximate surface area is 151 Å². The highest BCUT2D eigenvalue weighted by molar-refractivity contribution is 5.99. The molecule has 0 saturated heterocycles. The van der Waals surface area contributed by atoms with E-state index in [1.165, 1.54) is 0 Å². The molecular formula is C20H20N4O2. The van der Waals surface area contributed by atoms with Crippen LogP contribution in [0.2, 0.25) is 0 Å². The van der Waals surface area contributed by atoms with E-state index in [-0.39, 0.29) is 24.8 Å². The number of benzene rings is 1. The summed E-state index contributed by atoms with van der Waals surface area (Å²) in [6.45, 7) is 4.05. The van der Waals surface area contributed by atoms with Crippen molar-refractivity contribution in [2.45, 2.75) is 20.3 Å². The summed E-state index contributed by atoms with van der Waals surface area (Å²) in [6.07, 6.45) is 1.77. The van der Waals surface area contributed by atoms with E-state index in [2.05, 4.69) is 20.6 Å². The molecule has 3 rings (SSSR count). The number of rotatable bonds is 5.